The third-order valence-corrected chi connectivity index (χ3v) is 9.62. The molecule has 3 saturated carbocycles. The van der Waals surface area contributed by atoms with Gasteiger partial charge in [0.25, 0.3) is 0 Å². The summed E-state index contributed by atoms with van der Waals surface area (Å²) in [6.07, 6.45) is 14.3. The van der Waals surface area contributed by atoms with Crippen molar-refractivity contribution >= 4 is 0 Å². The molecular weight excluding hydrogens is 404 g/mol. The van der Waals surface area contributed by atoms with Crippen LogP contribution in [-0.4, -0.2) is 41.7 Å². The van der Waals surface area contributed by atoms with Gasteiger partial charge in [-0.05, 0) is 112 Å². The Morgan fingerprint density at radius 1 is 1.19 bits per heavy atom. The molecule has 1 saturated heterocycles. The zero-order chi connectivity index (χ0) is 23.1. The maximum Gasteiger partial charge on any atom is 0.249 e. The highest BCUT2D eigenvalue weighted by Crippen LogP contribution is 2.58. The lowest BCUT2D eigenvalue weighted by molar-refractivity contribution is -0.0353. The van der Waals surface area contributed by atoms with E-state index in [9.17, 15) is 13.9 Å². The van der Waals surface area contributed by atoms with Gasteiger partial charge in [-0.1, -0.05) is 38.2 Å². The number of nitrogens with zero attached hydrogens (tertiary/aromatic N) is 1. The Morgan fingerprint density at radius 3 is 2.69 bits per heavy atom. The Balaban J connectivity index is 1.38. The van der Waals surface area contributed by atoms with Crippen molar-refractivity contribution in [2.45, 2.75) is 90.6 Å². The van der Waals surface area contributed by atoms with Gasteiger partial charge in [-0.25, -0.2) is 8.78 Å². The van der Waals surface area contributed by atoms with Crippen molar-refractivity contribution in [1.82, 2.24) is 4.90 Å². The van der Waals surface area contributed by atoms with Crippen LogP contribution in [0.4, 0.5) is 8.78 Å². The quantitative estimate of drug-likeness (QED) is 0.503. The third-order valence-electron chi connectivity index (χ3n) is 9.62. The number of aliphatic hydroxyl groups is 1. The second-order valence-corrected chi connectivity index (χ2v) is 11.6. The highest BCUT2D eigenvalue weighted by Gasteiger charge is 2.49. The summed E-state index contributed by atoms with van der Waals surface area (Å²) in [4.78, 5) is 2.28. The highest BCUT2D eigenvalue weighted by atomic mass is 19.3. The Labute approximate surface area is 193 Å². The second kappa shape index (κ2) is 9.33. The van der Waals surface area contributed by atoms with Crippen molar-refractivity contribution in [2.75, 3.05) is 19.6 Å². The molecule has 0 aromatic carbocycles. The first-order valence-corrected chi connectivity index (χ1v) is 13.0. The highest BCUT2D eigenvalue weighted by molar-refractivity contribution is 5.38. The van der Waals surface area contributed by atoms with E-state index in [0.717, 1.165) is 44.8 Å². The molecule has 0 bridgehead atoms. The van der Waals surface area contributed by atoms with Gasteiger partial charge in [-0.15, -0.1) is 0 Å². The predicted molar refractivity (Wildman–Crippen MR) is 128 cm³/mol. The van der Waals surface area contributed by atoms with Gasteiger partial charge >= 0.3 is 0 Å². The minimum atomic E-state index is -2.55. The molecule has 32 heavy (non-hydrogen) atoms. The molecule has 0 amide bonds. The van der Waals surface area contributed by atoms with Crippen LogP contribution < -0.4 is 0 Å². The zero-order valence-electron chi connectivity index (χ0n) is 20.4. The molecule has 1 aliphatic heterocycles. The predicted octanol–water partition coefficient (Wildman–Crippen LogP) is 6.77. The molecule has 4 aliphatic rings. The van der Waals surface area contributed by atoms with Crippen molar-refractivity contribution in [3.8, 4) is 0 Å². The fraction of sp³-hybridized carbons (Fsp3) is 0.786. The molecule has 0 spiro atoms. The number of alkyl halides is 2. The number of halogens is 2. The van der Waals surface area contributed by atoms with Crippen LogP contribution >= 0.6 is 0 Å². The van der Waals surface area contributed by atoms with Gasteiger partial charge in [0.05, 0.1) is 6.10 Å². The van der Waals surface area contributed by atoms with Crippen LogP contribution in [0.1, 0.15) is 78.6 Å². The summed E-state index contributed by atoms with van der Waals surface area (Å²) in [5.41, 5.74) is 4.06. The molecule has 5 unspecified atom stereocenters. The van der Waals surface area contributed by atoms with Gasteiger partial charge in [-0.3, -0.25) is 0 Å². The summed E-state index contributed by atoms with van der Waals surface area (Å²) < 4.78 is 27.4. The van der Waals surface area contributed by atoms with Gasteiger partial charge in [0.1, 0.15) is 0 Å². The minimum Gasteiger partial charge on any atom is -0.388 e. The van der Waals surface area contributed by atoms with E-state index in [-0.39, 0.29) is 0 Å². The monoisotopic (exact) mass is 447 g/mol. The lowest BCUT2D eigenvalue weighted by atomic mass is 9.63. The molecule has 0 aromatic heterocycles. The Kier molecular flexibility index (Phi) is 7.04. The van der Waals surface area contributed by atoms with Crippen LogP contribution in [0.2, 0.25) is 0 Å². The fourth-order valence-electron chi connectivity index (χ4n) is 7.24. The molecule has 0 radical (unpaired) electrons. The summed E-state index contributed by atoms with van der Waals surface area (Å²) in [6, 6.07) is 0. The van der Waals surface area contributed by atoms with Gasteiger partial charge in [0, 0.05) is 12.5 Å². The van der Waals surface area contributed by atoms with E-state index < -0.39 is 17.9 Å². The first-order chi connectivity index (χ1) is 15.1. The molecule has 4 fully saturated rings. The van der Waals surface area contributed by atoms with Crippen molar-refractivity contribution < 1.29 is 13.9 Å². The van der Waals surface area contributed by atoms with Crippen molar-refractivity contribution in [3.05, 3.63) is 35.5 Å². The van der Waals surface area contributed by atoms with Crippen molar-refractivity contribution in [1.29, 1.82) is 0 Å². The van der Waals surface area contributed by atoms with Crippen molar-refractivity contribution in [3.63, 3.8) is 0 Å². The number of rotatable bonds is 5. The average Bonchev–Trinajstić information content (AvgIpc) is 3.34. The number of hydrogen-bond donors (Lipinski definition) is 1. The van der Waals surface area contributed by atoms with Gasteiger partial charge in [-0.2, -0.15) is 0 Å². The molecule has 1 N–H and O–H groups in total. The van der Waals surface area contributed by atoms with Crippen LogP contribution in [-0.2, 0) is 0 Å². The summed E-state index contributed by atoms with van der Waals surface area (Å²) in [5.74, 6) is -1.38. The Morgan fingerprint density at radius 2 is 1.97 bits per heavy atom. The largest absolute Gasteiger partial charge is 0.388 e. The molecule has 6 atom stereocenters. The van der Waals surface area contributed by atoms with E-state index in [4.69, 9.17) is 0 Å². The number of fused-ring (bicyclic) bond motifs is 1. The number of hydrogen-bond acceptors (Lipinski definition) is 2. The number of allylic oxidation sites excluding steroid dienone is 3. The van der Waals surface area contributed by atoms with E-state index >= 15 is 0 Å². The Hall–Kier alpha value is -1.00. The number of aliphatic hydroxyl groups excluding tert-OH is 1. The molecule has 2 nitrogen and oxygen atoms in total. The van der Waals surface area contributed by atoms with E-state index in [0.29, 0.717) is 36.1 Å². The maximum absolute atomic E-state index is 13.7. The first kappa shape index (κ1) is 24.1. The van der Waals surface area contributed by atoms with E-state index in [1.165, 1.54) is 37.7 Å². The van der Waals surface area contributed by atoms with Crippen LogP contribution in [0.3, 0.4) is 0 Å². The normalized spacial score (nSPS) is 41.6. The zero-order valence-corrected chi connectivity index (χ0v) is 20.4. The third kappa shape index (κ3) is 4.78. The second-order valence-electron chi connectivity index (χ2n) is 11.6. The van der Waals surface area contributed by atoms with Gasteiger partial charge < -0.3 is 10.0 Å². The summed E-state index contributed by atoms with van der Waals surface area (Å²) in [6.45, 7) is 12.2. The summed E-state index contributed by atoms with van der Waals surface area (Å²) in [5, 5.41) is 10.4. The van der Waals surface area contributed by atoms with Crippen LogP contribution in [0.5, 0.6) is 0 Å². The SMILES string of the molecule is C=C1/C(=C\C=C2/CCCC3(C)C2CC[C@@H]3CCN2CCC(C(C)(F)F)C2)CCC(C)C1O. The molecule has 0 aromatic rings. The first-order valence-electron chi connectivity index (χ1n) is 13.0. The van der Waals surface area contributed by atoms with Gasteiger partial charge in [0.2, 0.25) is 5.92 Å². The van der Waals surface area contributed by atoms with Crippen LogP contribution in [0.15, 0.2) is 35.5 Å². The van der Waals surface area contributed by atoms with Crippen LogP contribution in [0.25, 0.3) is 0 Å². The van der Waals surface area contributed by atoms with Crippen molar-refractivity contribution in [2.24, 2.45) is 29.1 Å². The topological polar surface area (TPSA) is 23.5 Å². The standard InChI is InChI=1S/C28H43F2NO/c1-19-7-8-21(20(2)26(19)32)9-10-22-6-5-15-27(3)23(11-12-25(22)27)13-16-31-17-14-24(18-31)28(4,29)30/h9-10,19,23-26,32H,2,5-8,11-18H2,1,3-4H3/b21-9-,22-10+/t19?,23-,24?,25?,26?,27?/m1/s1. The lowest BCUT2D eigenvalue weighted by Crippen LogP contribution is -2.35. The molecule has 180 valence electrons. The lowest BCUT2D eigenvalue weighted by Gasteiger charge is -2.43. The molecule has 3 aliphatic carbocycles. The Bertz CT molecular complexity index is 766. The van der Waals surface area contributed by atoms with Crippen LogP contribution in [0, 0.1) is 29.1 Å². The fourth-order valence-corrected chi connectivity index (χ4v) is 7.24. The summed E-state index contributed by atoms with van der Waals surface area (Å²) in [7, 11) is 0. The average molecular weight is 448 g/mol. The maximum atomic E-state index is 13.7. The summed E-state index contributed by atoms with van der Waals surface area (Å²) >= 11 is 0. The van der Waals surface area contributed by atoms with E-state index in [1.54, 1.807) is 5.57 Å². The van der Waals surface area contributed by atoms with Gasteiger partial charge in [0.15, 0.2) is 0 Å². The minimum absolute atomic E-state index is 0.301. The molecule has 4 rings (SSSR count). The smallest absolute Gasteiger partial charge is 0.249 e. The molecular formula is C28H43F2NO. The molecule has 1 heterocycles. The number of likely N-dealkylation sites (tertiary alicyclic amines) is 1. The van der Waals surface area contributed by atoms with E-state index in [2.05, 4.69) is 37.5 Å². The molecule has 4 heteroatoms. The van der Waals surface area contributed by atoms with E-state index in [1.807, 2.05) is 0 Å².